The molecule has 4 heterocycles. The largest absolute Gasteiger partial charge is 0.310 e. The molecule has 13 aromatic rings. The van der Waals surface area contributed by atoms with E-state index < -0.39 is 0 Å². The summed E-state index contributed by atoms with van der Waals surface area (Å²) in [5.41, 5.74) is 12.7. The highest BCUT2D eigenvalue weighted by Crippen LogP contribution is 2.47. The number of anilines is 6. The Hall–Kier alpha value is -7.96. The predicted molar refractivity (Wildman–Crippen MR) is 245 cm³/mol. The molecule has 60 heavy (non-hydrogen) atoms. The summed E-state index contributed by atoms with van der Waals surface area (Å²) in [4.78, 5) is 4.37. The van der Waals surface area contributed by atoms with Crippen molar-refractivity contribution in [2.75, 3.05) is 9.80 Å². The average molecular weight is 775 g/mol. The van der Waals surface area contributed by atoms with E-state index in [1.807, 2.05) is 60.7 Å². The van der Waals surface area contributed by atoms with E-state index in [9.17, 15) is 8.78 Å². The fraction of sp³-hybridized carbons (Fsp3) is 0. The Balaban J connectivity index is 1.07. The Bertz CT molecular complexity index is 3530. The number of aromatic nitrogens is 2. The quantitative estimate of drug-likeness (QED) is 0.167. The molecule has 9 aromatic carbocycles. The molecule has 0 aliphatic heterocycles. The van der Waals surface area contributed by atoms with E-state index in [4.69, 9.17) is 0 Å². The Kier molecular flexibility index (Phi) is 6.76. The molecule has 4 aromatic heterocycles. The molecule has 0 N–H and O–H groups in total. The number of para-hydroxylation sites is 4. The maximum Gasteiger partial charge on any atom is 0.123 e. The highest BCUT2D eigenvalue weighted by molar-refractivity contribution is 6.29. The van der Waals surface area contributed by atoms with Crippen molar-refractivity contribution in [1.82, 2.24) is 8.80 Å². The summed E-state index contributed by atoms with van der Waals surface area (Å²) in [5.74, 6) is -0.528. The molecule has 0 spiro atoms. The zero-order chi connectivity index (χ0) is 39.6. The second-order valence-corrected chi connectivity index (χ2v) is 15.7. The van der Waals surface area contributed by atoms with E-state index in [1.54, 1.807) is 0 Å². The van der Waals surface area contributed by atoms with E-state index >= 15 is 0 Å². The maximum absolute atomic E-state index is 14.2. The molecule has 282 valence electrons. The van der Waals surface area contributed by atoms with Crippen LogP contribution < -0.4 is 9.80 Å². The first-order valence-electron chi connectivity index (χ1n) is 20.1. The molecule has 13 rings (SSSR count). The van der Waals surface area contributed by atoms with Gasteiger partial charge in [-0.05, 0) is 109 Å². The van der Waals surface area contributed by atoms with Gasteiger partial charge in [-0.1, -0.05) is 84.9 Å². The van der Waals surface area contributed by atoms with Crippen molar-refractivity contribution in [3.8, 4) is 0 Å². The molecule has 0 aliphatic carbocycles. The van der Waals surface area contributed by atoms with Crippen LogP contribution in [0.15, 0.2) is 194 Å². The van der Waals surface area contributed by atoms with Gasteiger partial charge in [-0.2, -0.15) is 0 Å². The lowest BCUT2D eigenvalue weighted by Gasteiger charge is -2.25. The summed E-state index contributed by atoms with van der Waals surface area (Å²) >= 11 is 0. The number of hydrogen-bond acceptors (Lipinski definition) is 2. The molecular weight excluding hydrogens is 743 g/mol. The third-order valence-corrected chi connectivity index (χ3v) is 12.4. The van der Waals surface area contributed by atoms with Gasteiger partial charge in [-0.3, -0.25) is 0 Å². The molecule has 4 nitrogen and oxygen atoms in total. The van der Waals surface area contributed by atoms with Crippen LogP contribution in [0, 0.1) is 11.6 Å². The molecule has 6 heteroatoms. The molecule has 0 fully saturated rings. The van der Waals surface area contributed by atoms with Crippen molar-refractivity contribution in [3.63, 3.8) is 0 Å². The second-order valence-electron chi connectivity index (χ2n) is 15.7. The number of halogens is 2. The molecule has 0 aliphatic rings. The van der Waals surface area contributed by atoms with E-state index in [0.717, 1.165) is 56.2 Å². The van der Waals surface area contributed by atoms with Crippen molar-refractivity contribution < 1.29 is 8.78 Å². The van der Waals surface area contributed by atoms with E-state index in [1.165, 1.54) is 78.4 Å². The topological polar surface area (TPSA) is 15.3 Å². The average Bonchev–Trinajstić information content (AvgIpc) is 4.01. The van der Waals surface area contributed by atoms with Gasteiger partial charge in [0.1, 0.15) is 11.6 Å². The third-order valence-electron chi connectivity index (χ3n) is 12.4. The minimum atomic E-state index is -0.264. The molecular formula is C54H32F2N4. The summed E-state index contributed by atoms with van der Waals surface area (Å²) in [6.07, 6.45) is 0. The predicted octanol–water partition coefficient (Wildman–Crippen LogP) is 15.2. The zero-order valence-corrected chi connectivity index (χ0v) is 32.0. The van der Waals surface area contributed by atoms with Crippen molar-refractivity contribution in [3.05, 3.63) is 206 Å². The van der Waals surface area contributed by atoms with Gasteiger partial charge >= 0.3 is 0 Å². The van der Waals surface area contributed by atoms with Gasteiger partial charge in [-0.15, -0.1) is 0 Å². The fourth-order valence-electron chi connectivity index (χ4n) is 9.93. The van der Waals surface area contributed by atoms with E-state index in [-0.39, 0.29) is 11.6 Å². The van der Waals surface area contributed by atoms with Crippen LogP contribution in [0.4, 0.5) is 42.9 Å². The van der Waals surface area contributed by atoms with Gasteiger partial charge in [0.2, 0.25) is 0 Å². The summed E-state index contributed by atoms with van der Waals surface area (Å²) < 4.78 is 33.3. The first-order valence-corrected chi connectivity index (χ1v) is 20.1. The number of hydrogen-bond donors (Lipinski definition) is 0. The van der Waals surface area contributed by atoms with Crippen LogP contribution in [0.3, 0.4) is 0 Å². The highest BCUT2D eigenvalue weighted by Gasteiger charge is 2.24. The van der Waals surface area contributed by atoms with Gasteiger partial charge in [0, 0.05) is 77.2 Å². The summed E-state index contributed by atoms with van der Waals surface area (Å²) in [6, 6.07) is 65.3. The van der Waals surface area contributed by atoms with Crippen LogP contribution in [-0.2, 0) is 0 Å². The Morgan fingerprint density at radius 1 is 0.267 bits per heavy atom. The van der Waals surface area contributed by atoms with Crippen LogP contribution in [-0.4, -0.2) is 8.80 Å². The maximum atomic E-state index is 14.2. The lowest BCUT2D eigenvalue weighted by Crippen LogP contribution is -2.09. The molecule has 0 amide bonds. The van der Waals surface area contributed by atoms with Crippen LogP contribution in [0.25, 0.3) is 76.2 Å². The summed E-state index contributed by atoms with van der Waals surface area (Å²) in [5, 5.41) is 9.58. The van der Waals surface area contributed by atoms with Crippen LogP contribution in [0.2, 0.25) is 0 Å². The van der Waals surface area contributed by atoms with Gasteiger partial charge < -0.3 is 18.6 Å². The Morgan fingerprint density at radius 2 is 0.600 bits per heavy atom. The minimum absolute atomic E-state index is 0.264. The lowest BCUT2D eigenvalue weighted by atomic mass is 10.0. The van der Waals surface area contributed by atoms with Crippen molar-refractivity contribution in [2.24, 2.45) is 0 Å². The summed E-state index contributed by atoms with van der Waals surface area (Å²) in [7, 11) is 0. The Labute approximate surface area is 342 Å². The summed E-state index contributed by atoms with van der Waals surface area (Å²) in [6.45, 7) is 0. The fourth-order valence-corrected chi connectivity index (χ4v) is 9.93. The third kappa shape index (κ3) is 4.58. The lowest BCUT2D eigenvalue weighted by molar-refractivity contribution is 0.627. The van der Waals surface area contributed by atoms with Crippen LogP contribution in [0.5, 0.6) is 0 Å². The van der Waals surface area contributed by atoms with Crippen molar-refractivity contribution >= 4 is 110 Å². The molecule has 0 saturated heterocycles. The monoisotopic (exact) mass is 774 g/mol. The van der Waals surface area contributed by atoms with Crippen LogP contribution >= 0.6 is 0 Å². The first-order chi connectivity index (χ1) is 29.6. The van der Waals surface area contributed by atoms with Crippen molar-refractivity contribution in [2.45, 2.75) is 0 Å². The molecule has 0 radical (unpaired) electrons. The molecule has 0 unspecified atom stereocenters. The van der Waals surface area contributed by atoms with Gasteiger partial charge in [0.05, 0.1) is 33.1 Å². The number of benzene rings is 9. The van der Waals surface area contributed by atoms with Crippen LogP contribution in [0.1, 0.15) is 0 Å². The standard InChI is InChI=1S/C54H32F2N4/c55-33-17-21-37(22-18-33)57(35-9-3-1-4-10-35)39-25-27-41-43-13-7-15-45-47-32-52-48(31-51(47)59(53(43)45)49(41)29-39)46-16-8-14-44-42-28-26-40(30-50(42)60(52)54(44)46)58(36-11-5-2-6-12-36)38-23-19-34(56)20-24-38/h1-32H. The van der Waals surface area contributed by atoms with Gasteiger partial charge in [-0.25, -0.2) is 8.78 Å². The second kappa shape index (κ2) is 12.3. The smallest absolute Gasteiger partial charge is 0.123 e. The SMILES string of the molecule is Fc1ccc(N(c2ccccc2)c2ccc3c4cccc5c6cc7c(cc6n(c3c2)c45)c2cccc3c4ccc(N(c5ccccc5)c5ccc(F)cc5)cc4n7c32)cc1. The number of rotatable bonds is 6. The van der Waals surface area contributed by atoms with E-state index in [0.29, 0.717) is 0 Å². The highest BCUT2D eigenvalue weighted by atomic mass is 19.1. The number of nitrogens with zero attached hydrogens (tertiary/aromatic N) is 4. The zero-order valence-electron chi connectivity index (χ0n) is 32.0. The Morgan fingerprint density at radius 3 is 1.00 bits per heavy atom. The van der Waals surface area contributed by atoms with E-state index in [2.05, 4.69) is 128 Å². The minimum Gasteiger partial charge on any atom is -0.310 e. The van der Waals surface area contributed by atoms with Gasteiger partial charge in [0.25, 0.3) is 0 Å². The first kappa shape index (κ1) is 33.1. The van der Waals surface area contributed by atoms with Gasteiger partial charge in [0.15, 0.2) is 0 Å². The molecule has 0 bridgehead atoms. The van der Waals surface area contributed by atoms with Crippen molar-refractivity contribution in [1.29, 1.82) is 0 Å². The molecule has 0 saturated carbocycles. The normalized spacial score (nSPS) is 12.2. The molecule has 0 atom stereocenters. The number of fused-ring (bicyclic) bond motifs is 12.